The molecule has 1 N–H and O–H groups in total. The summed E-state index contributed by atoms with van der Waals surface area (Å²) < 4.78 is 35.0. The summed E-state index contributed by atoms with van der Waals surface area (Å²) in [6.07, 6.45) is -1.99. The molecule has 2 rings (SSSR count). The van der Waals surface area contributed by atoms with Crippen LogP contribution < -0.4 is 0 Å². The zero-order chi connectivity index (χ0) is 8.06. The molecule has 0 saturated carbocycles. The van der Waals surface area contributed by atoms with Crippen LogP contribution in [0.4, 0.5) is 8.78 Å². The Hall–Kier alpha value is -0.260. The Bertz CT molecular complexity index is 173. The quantitative estimate of drug-likeness (QED) is 0.549. The van der Waals surface area contributed by atoms with Gasteiger partial charge in [-0.2, -0.15) is 0 Å². The number of rotatable bonds is 0. The topological polar surface area (TPSA) is 38.7 Å². The van der Waals surface area contributed by atoms with E-state index in [4.69, 9.17) is 9.84 Å². The van der Waals surface area contributed by atoms with E-state index in [2.05, 4.69) is 4.74 Å². The molecule has 64 valence electrons. The minimum absolute atomic E-state index is 0.0507. The van der Waals surface area contributed by atoms with Crippen LogP contribution in [0.1, 0.15) is 0 Å². The van der Waals surface area contributed by atoms with E-state index in [9.17, 15) is 8.78 Å². The van der Waals surface area contributed by atoms with Crippen molar-refractivity contribution >= 4 is 0 Å². The first kappa shape index (κ1) is 7.39. The molecule has 2 aliphatic rings. The summed E-state index contributed by atoms with van der Waals surface area (Å²) in [5.41, 5.74) is 0. The number of aliphatic hydroxyl groups excluding tert-OH is 1. The number of hydrogen-bond donors (Lipinski definition) is 1. The molecule has 0 aromatic carbocycles. The monoisotopic (exact) mass is 166 g/mol. The van der Waals surface area contributed by atoms with E-state index in [-0.39, 0.29) is 6.61 Å². The van der Waals surface area contributed by atoms with Gasteiger partial charge in [0.1, 0.15) is 12.5 Å². The van der Waals surface area contributed by atoms with Crippen molar-refractivity contribution in [2.24, 2.45) is 5.92 Å². The first-order valence-corrected chi connectivity index (χ1v) is 3.40. The van der Waals surface area contributed by atoms with Gasteiger partial charge in [0.05, 0.1) is 12.7 Å². The second-order valence-electron chi connectivity index (χ2n) is 2.87. The molecule has 3 atom stereocenters. The molecular weight excluding hydrogens is 158 g/mol. The van der Waals surface area contributed by atoms with Crippen molar-refractivity contribution in [3.8, 4) is 0 Å². The van der Waals surface area contributed by atoms with E-state index in [0.29, 0.717) is 0 Å². The molecule has 2 fully saturated rings. The zero-order valence-corrected chi connectivity index (χ0v) is 5.67. The number of aliphatic hydroxyl groups is 1. The predicted molar refractivity (Wildman–Crippen MR) is 30.1 cm³/mol. The molecule has 5 heteroatoms. The van der Waals surface area contributed by atoms with Gasteiger partial charge in [0, 0.05) is 0 Å². The lowest BCUT2D eigenvalue weighted by Crippen LogP contribution is -2.35. The van der Waals surface area contributed by atoms with Crippen molar-refractivity contribution in [1.82, 2.24) is 0 Å². The molecule has 0 unspecified atom stereocenters. The molecule has 11 heavy (non-hydrogen) atoms. The molecular formula is C6H8F2O3. The van der Waals surface area contributed by atoms with E-state index in [1.807, 2.05) is 0 Å². The van der Waals surface area contributed by atoms with Crippen LogP contribution in [-0.2, 0) is 9.47 Å². The van der Waals surface area contributed by atoms with Crippen LogP contribution >= 0.6 is 0 Å². The molecule has 0 aromatic rings. The number of halogens is 2. The highest BCUT2D eigenvalue weighted by molar-refractivity contribution is 4.93. The summed E-state index contributed by atoms with van der Waals surface area (Å²) in [5, 5.41) is 9.05. The lowest BCUT2D eigenvalue weighted by Gasteiger charge is -2.16. The second kappa shape index (κ2) is 2.12. The van der Waals surface area contributed by atoms with Crippen LogP contribution in [0, 0.1) is 5.92 Å². The van der Waals surface area contributed by atoms with Crippen LogP contribution in [0.25, 0.3) is 0 Å². The first-order chi connectivity index (χ1) is 5.11. The first-order valence-electron chi connectivity index (χ1n) is 3.40. The fraction of sp³-hybridized carbons (Fsp3) is 1.00. The molecule has 2 aliphatic heterocycles. The number of fused-ring (bicyclic) bond motifs is 1. The standard InChI is InChI=1S/C6H8F2O3/c7-6(8)2-11-5-4(6)3(9)1-10-5/h3-5,9H,1-2H2/t3-,4-,5-/m0/s1. The zero-order valence-electron chi connectivity index (χ0n) is 5.67. The van der Waals surface area contributed by atoms with E-state index < -0.39 is 30.8 Å². The third kappa shape index (κ3) is 0.953. The molecule has 2 saturated heterocycles. The molecule has 0 bridgehead atoms. The van der Waals surface area contributed by atoms with Gasteiger partial charge in [0.15, 0.2) is 6.29 Å². The van der Waals surface area contributed by atoms with Crippen LogP contribution in [-0.4, -0.2) is 36.6 Å². The van der Waals surface area contributed by atoms with Gasteiger partial charge in [-0.3, -0.25) is 0 Å². The summed E-state index contributed by atoms with van der Waals surface area (Å²) >= 11 is 0. The fourth-order valence-electron chi connectivity index (χ4n) is 1.50. The SMILES string of the molecule is O[C@H]1CO[C@H]2OCC(F)(F)[C@H]21. The Morgan fingerprint density at radius 3 is 2.73 bits per heavy atom. The van der Waals surface area contributed by atoms with Gasteiger partial charge in [0.2, 0.25) is 0 Å². The lowest BCUT2D eigenvalue weighted by molar-refractivity contribution is -0.0949. The van der Waals surface area contributed by atoms with Crippen molar-refractivity contribution < 1.29 is 23.4 Å². The van der Waals surface area contributed by atoms with Crippen LogP contribution in [0.3, 0.4) is 0 Å². The minimum atomic E-state index is -2.93. The summed E-state index contributed by atoms with van der Waals surface area (Å²) in [6, 6.07) is 0. The largest absolute Gasteiger partial charge is 0.390 e. The Kier molecular flexibility index (Phi) is 1.42. The molecule has 0 amide bonds. The smallest absolute Gasteiger partial charge is 0.281 e. The Balaban J connectivity index is 2.20. The average Bonchev–Trinajstić information content (AvgIpc) is 2.38. The highest BCUT2D eigenvalue weighted by Crippen LogP contribution is 2.42. The van der Waals surface area contributed by atoms with E-state index in [1.165, 1.54) is 0 Å². The normalized spacial score (nSPS) is 47.7. The molecule has 0 aliphatic carbocycles. The van der Waals surface area contributed by atoms with Gasteiger partial charge in [-0.05, 0) is 0 Å². The molecule has 0 radical (unpaired) electrons. The Morgan fingerprint density at radius 2 is 2.09 bits per heavy atom. The minimum Gasteiger partial charge on any atom is -0.390 e. The van der Waals surface area contributed by atoms with E-state index >= 15 is 0 Å². The molecule has 0 spiro atoms. The number of alkyl halides is 2. The third-order valence-corrected chi connectivity index (χ3v) is 2.07. The molecule has 3 nitrogen and oxygen atoms in total. The van der Waals surface area contributed by atoms with Crippen LogP contribution in [0.15, 0.2) is 0 Å². The summed E-state index contributed by atoms with van der Waals surface area (Å²) in [6.45, 7) is -0.690. The summed E-state index contributed by atoms with van der Waals surface area (Å²) in [5.74, 6) is -4.09. The molecule has 0 aromatic heterocycles. The Labute approximate surface area is 61.9 Å². The number of hydrogen-bond acceptors (Lipinski definition) is 3. The van der Waals surface area contributed by atoms with Crippen LogP contribution in [0.2, 0.25) is 0 Å². The van der Waals surface area contributed by atoms with Crippen molar-refractivity contribution in [3.05, 3.63) is 0 Å². The average molecular weight is 166 g/mol. The van der Waals surface area contributed by atoms with Crippen LogP contribution in [0.5, 0.6) is 0 Å². The van der Waals surface area contributed by atoms with Gasteiger partial charge in [-0.25, -0.2) is 8.78 Å². The fourth-order valence-corrected chi connectivity index (χ4v) is 1.50. The highest BCUT2D eigenvalue weighted by Gasteiger charge is 2.58. The predicted octanol–water partition coefficient (Wildman–Crippen LogP) is -0.0147. The number of ether oxygens (including phenoxy) is 2. The highest BCUT2D eigenvalue weighted by atomic mass is 19.3. The van der Waals surface area contributed by atoms with Crippen molar-refractivity contribution in [3.63, 3.8) is 0 Å². The van der Waals surface area contributed by atoms with Gasteiger partial charge in [0.25, 0.3) is 5.92 Å². The van der Waals surface area contributed by atoms with Crippen molar-refractivity contribution in [1.29, 1.82) is 0 Å². The van der Waals surface area contributed by atoms with Gasteiger partial charge < -0.3 is 14.6 Å². The van der Waals surface area contributed by atoms with Crippen molar-refractivity contribution in [2.45, 2.75) is 18.3 Å². The lowest BCUT2D eigenvalue weighted by atomic mass is 10.00. The third-order valence-electron chi connectivity index (χ3n) is 2.07. The Morgan fingerprint density at radius 1 is 1.36 bits per heavy atom. The van der Waals surface area contributed by atoms with Gasteiger partial charge >= 0.3 is 0 Å². The summed E-state index contributed by atoms with van der Waals surface area (Å²) in [4.78, 5) is 0. The van der Waals surface area contributed by atoms with E-state index in [1.54, 1.807) is 0 Å². The van der Waals surface area contributed by atoms with E-state index in [0.717, 1.165) is 0 Å². The van der Waals surface area contributed by atoms with Gasteiger partial charge in [-0.15, -0.1) is 0 Å². The second-order valence-corrected chi connectivity index (χ2v) is 2.87. The maximum absolute atomic E-state index is 12.8. The van der Waals surface area contributed by atoms with Crippen molar-refractivity contribution in [2.75, 3.05) is 13.2 Å². The maximum Gasteiger partial charge on any atom is 0.281 e. The maximum atomic E-state index is 12.8. The summed E-state index contributed by atoms with van der Waals surface area (Å²) in [7, 11) is 0. The molecule has 2 heterocycles. The van der Waals surface area contributed by atoms with Gasteiger partial charge in [-0.1, -0.05) is 0 Å².